The number of pyridine rings is 1. The van der Waals surface area contributed by atoms with E-state index in [2.05, 4.69) is 22.5 Å². The Morgan fingerprint density at radius 2 is 2.19 bits per heavy atom. The van der Waals surface area contributed by atoms with E-state index >= 15 is 0 Å². The minimum atomic E-state index is -0.504. The van der Waals surface area contributed by atoms with Crippen molar-refractivity contribution in [2.75, 3.05) is 20.2 Å². The standard InChI is InChI=1S/C20H24N2O2.BrH.H2O/c1-3-13-12-22-9-7-14(13)10-19(22)20(23)16-6-8-21-18-5-4-15(24-2)11-17(16)18;;/h3-6,8,11,13-14,19-20,23H,1,7,9-10,12H2,2H3;1H;1H2/t13-,14-,19-,20+;;/m0../s1. The zero-order chi connectivity index (χ0) is 16.7. The molecule has 0 saturated carbocycles. The summed E-state index contributed by atoms with van der Waals surface area (Å²) in [6.45, 7) is 6.07. The lowest BCUT2D eigenvalue weighted by Crippen LogP contribution is -2.54. The number of ether oxygens (including phenoxy) is 1. The van der Waals surface area contributed by atoms with Crippen molar-refractivity contribution in [1.29, 1.82) is 0 Å². The van der Waals surface area contributed by atoms with Crippen LogP contribution < -0.4 is 4.74 Å². The second-order valence-electron chi connectivity index (χ2n) is 6.97. The number of halogens is 1. The molecule has 5 rings (SSSR count). The van der Waals surface area contributed by atoms with Gasteiger partial charge in [-0.15, -0.1) is 23.6 Å². The molecule has 0 aliphatic carbocycles. The van der Waals surface area contributed by atoms with Crippen LogP contribution in [-0.4, -0.2) is 46.7 Å². The number of hydrogen-bond acceptors (Lipinski definition) is 4. The number of aromatic nitrogens is 1. The molecule has 0 amide bonds. The third-order valence-electron chi connectivity index (χ3n) is 5.82. The minimum Gasteiger partial charge on any atom is -0.497 e. The topological polar surface area (TPSA) is 77.1 Å². The molecule has 1 aromatic heterocycles. The Hall–Kier alpha value is -1.47. The van der Waals surface area contributed by atoms with E-state index in [0.717, 1.165) is 41.7 Å². The van der Waals surface area contributed by atoms with Crippen LogP contribution in [0.1, 0.15) is 24.5 Å². The van der Waals surface area contributed by atoms with Crippen molar-refractivity contribution < 1.29 is 15.3 Å². The summed E-state index contributed by atoms with van der Waals surface area (Å²) in [4.78, 5) is 6.86. The average Bonchev–Trinajstić information content (AvgIpc) is 2.66. The zero-order valence-electron chi connectivity index (χ0n) is 15.0. The van der Waals surface area contributed by atoms with Gasteiger partial charge >= 0.3 is 0 Å². The van der Waals surface area contributed by atoms with Gasteiger partial charge in [0.15, 0.2) is 0 Å². The molecule has 0 spiro atoms. The normalized spacial score (nSPS) is 27.9. The Bertz CT molecular complexity index is 770. The Kier molecular flexibility index (Phi) is 6.80. The van der Waals surface area contributed by atoms with Gasteiger partial charge in [-0.3, -0.25) is 9.88 Å². The van der Waals surface area contributed by atoms with Gasteiger partial charge in [0, 0.05) is 24.2 Å². The van der Waals surface area contributed by atoms with E-state index in [9.17, 15) is 5.11 Å². The highest BCUT2D eigenvalue weighted by atomic mass is 79.9. The molecule has 26 heavy (non-hydrogen) atoms. The van der Waals surface area contributed by atoms with Gasteiger partial charge in [-0.2, -0.15) is 0 Å². The summed E-state index contributed by atoms with van der Waals surface area (Å²) >= 11 is 0. The molecular weight excluding hydrogens is 396 g/mol. The maximum absolute atomic E-state index is 11.2. The van der Waals surface area contributed by atoms with E-state index in [0.29, 0.717) is 11.8 Å². The van der Waals surface area contributed by atoms with Crippen LogP contribution in [0.3, 0.4) is 0 Å². The summed E-state index contributed by atoms with van der Waals surface area (Å²) in [5.74, 6) is 2.01. The summed E-state index contributed by atoms with van der Waals surface area (Å²) in [5.41, 5.74) is 1.85. The zero-order valence-corrected chi connectivity index (χ0v) is 16.7. The monoisotopic (exact) mass is 422 g/mol. The van der Waals surface area contributed by atoms with E-state index < -0.39 is 6.10 Å². The van der Waals surface area contributed by atoms with Crippen molar-refractivity contribution in [1.82, 2.24) is 9.88 Å². The molecular formula is C20H27BrN2O3. The number of benzene rings is 1. The highest BCUT2D eigenvalue weighted by Crippen LogP contribution is 2.42. The lowest BCUT2D eigenvalue weighted by atomic mass is 9.73. The molecule has 3 aliphatic rings. The third-order valence-corrected chi connectivity index (χ3v) is 5.82. The van der Waals surface area contributed by atoms with Crippen LogP contribution in [0, 0.1) is 11.8 Å². The van der Waals surface area contributed by atoms with Gasteiger partial charge in [-0.05, 0) is 61.1 Å². The van der Waals surface area contributed by atoms with Gasteiger partial charge in [0.1, 0.15) is 5.75 Å². The molecule has 4 heterocycles. The first-order valence-electron chi connectivity index (χ1n) is 8.68. The number of methoxy groups -OCH3 is 1. The molecule has 3 fully saturated rings. The predicted molar refractivity (Wildman–Crippen MR) is 109 cm³/mol. The smallest absolute Gasteiger partial charge is 0.119 e. The number of rotatable bonds is 4. The van der Waals surface area contributed by atoms with Crippen LogP contribution in [-0.2, 0) is 0 Å². The summed E-state index contributed by atoms with van der Waals surface area (Å²) in [6, 6.07) is 7.96. The highest BCUT2D eigenvalue weighted by molar-refractivity contribution is 8.93. The van der Waals surface area contributed by atoms with Crippen molar-refractivity contribution in [2.45, 2.75) is 25.0 Å². The first-order valence-corrected chi connectivity index (χ1v) is 8.68. The van der Waals surface area contributed by atoms with Gasteiger partial charge in [-0.25, -0.2) is 0 Å². The SMILES string of the molecule is Br.C=C[C@H]1C[N@]2CC[C@H]1C[C@H]2[C@H](O)c1ccnc2ccc(OC)cc12.O. The molecule has 3 saturated heterocycles. The summed E-state index contributed by atoms with van der Waals surface area (Å²) < 4.78 is 5.35. The largest absolute Gasteiger partial charge is 0.497 e. The Morgan fingerprint density at radius 1 is 1.38 bits per heavy atom. The second kappa shape index (κ2) is 8.48. The van der Waals surface area contributed by atoms with Gasteiger partial charge in [0.2, 0.25) is 0 Å². The van der Waals surface area contributed by atoms with Crippen molar-refractivity contribution in [3.63, 3.8) is 0 Å². The van der Waals surface area contributed by atoms with E-state index in [1.807, 2.05) is 24.3 Å². The van der Waals surface area contributed by atoms with E-state index in [1.165, 1.54) is 6.42 Å². The van der Waals surface area contributed by atoms with Crippen LogP contribution in [0.2, 0.25) is 0 Å². The Labute approximate surface area is 164 Å². The quantitative estimate of drug-likeness (QED) is 0.768. The maximum atomic E-state index is 11.2. The lowest BCUT2D eigenvalue weighted by molar-refractivity contribution is -0.0444. The van der Waals surface area contributed by atoms with Crippen LogP contribution in [0.4, 0.5) is 0 Å². The Balaban J connectivity index is 0.00000121. The van der Waals surface area contributed by atoms with Crippen LogP contribution in [0.25, 0.3) is 10.9 Å². The van der Waals surface area contributed by atoms with Crippen molar-refractivity contribution >= 4 is 27.9 Å². The van der Waals surface area contributed by atoms with Crippen LogP contribution >= 0.6 is 17.0 Å². The fourth-order valence-corrected chi connectivity index (χ4v) is 4.44. The first kappa shape index (κ1) is 20.8. The third kappa shape index (κ3) is 3.51. The van der Waals surface area contributed by atoms with E-state index in [-0.39, 0.29) is 28.5 Å². The molecule has 1 aromatic carbocycles. The molecule has 6 heteroatoms. The number of fused-ring (bicyclic) bond motifs is 4. The van der Waals surface area contributed by atoms with Gasteiger partial charge < -0.3 is 15.3 Å². The Morgan fingerprint density at radius 3 is 2.85 bits per heavy atom. The van der Waals surface area contributed by atoms with Crippen molar-refractivity contribution in [2.24, 2.45) is 11.8 Å². The number of aliphatic hydroxyl groups is 1. The number of nitrogens with zero attached hydrogens (tertiary/aromatic N) is 2. The second-order valence-corrected chi connectivity index (χ2v) is 6.97. The van der Waals surface area contributed by atoms with Gasteiger partial charge in [-0.1, -0.05) is 6.08 Å². The van der Waals surface area contributed by atoms with E-state index in [1.54, 1.807) is 13.3 Å². The summed E-state index contributed by atoms with van der Waals surface area (Å²) in [7, 11) is 1.66. The first-order chi connectivity index (χ1) is 11.7. The molecule has 5 atom stereocenters. The van der Waals surface area contributed by atoms with Gasteiger partial charge in [0.05, 0.1) is 18.7 Å². The molecule has 0 radical (unpaired) electrons. The van der Waals surface area contributed by atoms with Crippen LogP contribution in [0.15, 0.2) is 43.1 Å². The van der Waals surface area contributed by atoms with E-state index in [4.69, 9.17) is 4.74 Å². The number of hydrogen-bond donors (Lipinski definition) is 1. The fraction of sp³-hybridized carbons (Fsp3) is 0.450. The molecule has 3 N–H and O–H groups in total. The molecule has 5 nitrogen and oxygen atoms in total. The lowest BCUT2D eigenvalue weighted by Gasteiger charge is -2.50. The predicted octanol–water partition coefficient (Wildman–Crippen LogP) is 2.93. The van der Waals surface area contributed by atoms with Crippen molar-refractivity contribution in [3.8, 4) is 5.75 Å². The average molecular weight is 423 g/mol. The summed E-state index contributed by atoms with van der Waals surface area (Å²) in [5, 5.41) is 12.1. The highest BCUT2D eigenvalue weighted by Gasteiger charge is 2.42. The number of aliphatic hydroxyl groups excluding tert-OH is 1. The summed E-state index contributed by atoms with van der Waals surface area (Å²) in [6.07, 6.45) is 5.62. The molecule has 2 bridgehead atoms. The molecule has 142 valence electrons. The van der Waals surface area contributed by atoms with Crippen LogP contribution in [0.5, 0.6) is 5.75 Å². The van der Waals surface area contributed by atoms with Gasteiger partial charge in [0.25, 0.3) is 0 Å². The number of piperidine rings is 3. The van der Waals surface area contributed by atoms with Crippen molar-refractivity contribution in [3.05, 3.63) is 48.7 Å². The molecule has 0 unspecified atom stereocenters. The minimum absolute atomic E-state index is 0. The fourth-order valence-electron chi connectivity index (χ4n) is 4.44. The molecule has 2 aromatic rings. The maximum Gasteiger partial charge on any atom is 0.119 e. The molecule has 3 aliphatic heterocycles.